The lowest BCUT2D eigenvalue weighted by molar-refractivity contribution is -0.121. The second-order valence-corrected chi connectivity index (χ2v) is 6.76. The van der Waals surface area contributed by atoms with E-state index in [1.54, 1.807) is 24.3 Å². The maximum absolute atomic E-state index is 12.4. The summed E-state index contributed by atoms with van der Waals surface area (Å²) in [5.41, 5.74) is -0.439. The van der Waals surface area contributed by atoms with Crippen molar-refractivity contribution < 1.29 is 9.21 Å². The summed E-state index contributed by atoms with van der Waals surface area (Å²) in [5, 5.41) is 16.0. The van der Waals surface area contributed by atoms with E-state index in [0.29, 0.717) is 29.6 Å². The quantitative estimate of drug-likeness (QED) is 0.793. The number of fused-ring (bicyclic) bond motifs is 1. The van der Waals surface area contributed by atoms with Gasteiger partial charge in [0.25, 0.3) is 0 Å². The van der Waals surface area contributed by atoms with Crippen LogP contribution >= 0.6 is 0 Å². The minimum Gasteiger partial charge on any atom is -0.408 e. The first-order chi connectivity index (χ1) is 13.0. The molecule has 142 valence electrons. The molecule has 8 heteroatoms. The predicted octanol–water partition coefficient (Wildman–Crippen LogP) is 1.48. The Bertz CT molecular complexity index is 909. The Kier molecular flexibility index (Phi) is 5.72. The Morgan fingerprint density at radius 1 is 1.37 bits per heavy atom. The molecule has 0 radical (unpaired) electrons. The van der Waals surface area contributed by atoms with Crippen LogP contribution in [0.5, 0.6) is 0 Å². The number of carbonyl (C=O) groups is 1. The van der Waals surface area contributed by atoms with Gasteiger partial charge in [-0.05, 0) is 37.9 Å². The van der Waals surface area contributed by atoms with E-state index in [1.165, 1.54) is 0 Å². The summed E-state index contributed by atoms with van der Waals surface area (Å²) in [6.45, 7) is 4.64. The van der Waals surface area contributed by atoms with Crippen LogP contribution in [0.3, 0.4) is 0 Å². The van der Waals surface area contributed by atoms with Crippen molar-refractivity contribution in [3.05, 3.63) is 34.8 Å². The van der Waals surface area contributed by atoms with Gasteiger partial charge in [-0.2, -0.15) is 10.2 Å². The first kappa shape index (κ1) is 18.9. The molecule has 3 rings (SSSR count). The number of carbonyl (C=O) groups excluding carboxylic acids is 1. The van der Waals surface area contributed by atoms with Crippen LogP contribution in [0.1, 0.15) is 26.2 Å². The van der Waals surface area contributed by atoms with Crippen LogP contribution in [-0.2, 0) is 4.79 Å². The highest BCUT2D eigenvalue weighted by Crippen LogP contribution is 2.22. The highest BCUT2D eigenvalue weighted by Gasteiger charge is 2.35. The summed E-state index contributed by atoms with van der Waals surface area (Å²) in [6, 6.07) is 9.25. The zero-order chi connectivity index (χ0) is 19.3. The van der Waals surface area contributed by atoms with Crippen molar-refractivity contribution in [3.8, 4) is 6.07 Å². The molecule has 1 aliphatic rings. The summed E-state index contributed by atoms with van der Waals surface area (Å²) in [4.78, 5) is 30.1. The van der Waals surface area contributed by atoms with Gasteiger partial charge in [0.05, 0.1) is 18.0 Å². The Hall–Kier alpha value is -2.92. The molecular weight excluding hydrogens is 346 g/mol. The van der Waals surface area contributed by atoms with Gasteiger partial charge in [0.15, 0.2) is 0 Å². The SMILES string of the molecule is CCCN1CCC(C#N)(NC(=O)CNc2nc(=O)oc3ccccc23)CC1. The number of benzene rings is 1. The normalized spacial score (nSPS) is 16.6. The van der Waals surface area contributed by atoms with Crippen molar-refractivity contribution in [1.82, 2.24) is 15.2 Å². The molecular formula is C19H23N5O3. The molecule has 2 heterocycles. The van der Waals surface area contributed by atoms with Gasteiger partial charge in [-0.3, -0.25) is 4.79 Å². The number of nitriles is 1. The summed E-state index contributed by atoms with van der Waals surface area (Å²) in [7, 11) is 0. The summed E-state index contributed by atoms with van der Waals surface area (Å²) in [6.07, 6.45) is 2.28. The number of rotatable bonds is 6. The average Bonchev–Trinajstić information content (AvgIpc) is 2.68. The molecule has 0 unspecified atom stereocenters. The van der Waals surface area contributed by atoms with Gasteiger partial charge in [-0.1, -0.05) is 19.1 Å². The van der Waals surface area contributed by atoms with Crippen LogP contribution in [0.15, 0.2) is 33.5 Å². The first-order valence-corrected chi connectivity index (χ1v) is 9.13. The lowest BCUT2D eigenvalue weighted by Gasteiger charge is -2.37. The average molecular weight is 369 g/mol. The molecule has 1 amide bonds. The van der Waals surface area contributed by atoms with Gasteiger partial charge < -0.3 is 20.0 Å². The maximum atomic E-state index is 12.4. The van der Waals surface area contributed by atoms with Crippen LogP contribution in [0.4, 0.5) is 5.82 Å². The number of nitrogens with zero attached hydrogens (tertiary/aromatic N) is 3. The minimum atomic E-state index is -0.839. The van der Waals surface area contributed by atoms with Crippen molar-refractivity contribution in [3.63, 3.8) is 0 Å². The number of para-hydroxylation sites is 1. The Labute approximate surface area is 157 Å². The van der Waals surface area contributed by atoms with Crippen LogP contribution in [0.25, 0.3) is 11.0 Å². The first-order valence-electron chi connectivity index (χ1n) is 9.13. The second kappa shape index (κ2) is 8.18. The van der Waals surface area contributed by atoms with Gasteiger partial charge in [-0.25, -0.2) is 4.79 Å². The van der Waals surface area contributed by atoms with Gasteiger partial charge >= 0.3 is 5.76 Å². The number of aromatic nitrogens is 1. The number of anilines is 1. The zero-order valence-electron chi connectivity index (χ0n) is 15.3. The van der Waals surface area contributed by atoms with E-state index >= 15 is 0 Å². The fourth-order valence-electron chi connectivity index (χ4n) is 3.37. The molecule has 0 atom stereocenters. The Morgan fingerprint density at radius 2 is 2.11 bits per heavy atom. The largest absolute Gasteiger partial charge is 0.441 e. The number of hydrogen-bond acceptors (Lipinski definition) is 7. The van der Waals surface area contributed by atoms with Crippen molar-refractivity contribution in [2.24, 2.45) is 0 Å². The number of piperidine rings is 1. The molecule has 2 aromatic rings. The molecule has 1 saturated heterocycles. The molecule has 8 nitrogen and oxygen atoms in total. The molecule has 27 heavy (non-hydrogen) atoms. The topological polar surface area (TPSA) is 111 Å². The van der Waals surface area contributed by atoms with Crippen LogP contribution < -0.4 is 16.4 Å². The summed E-state index contributed by atoms with van der Waals surface area (Å²) in [5.74, 6) is -0.742. The molecule has 1 aromatic carbocycles. The number of hydrogen-bond donors (Lipinski definition) is 2. The van der Waals surface area contributed by atoms with Crippen LogP contribution in [-0.4, -0.2) is 47.5 Å². The maximum Gasteiger partial charge on any atom is 0.441 e. The van der Waals surface area contributed by atoms with Crippen molar-refractivity contribution in [2.75, 3.05) is 31.5 Å². The number of amides is 1. The molecule has 0 spiro atoms. The Morgan fingerprint density at radius 3 is 2.81 bits per heavy atom. The van der Waals surface area contributed by atoms with E-state index in [0.717, 1.165) is 26.1 Å². The van der Waals surface area contributed by atoms with E-state index < -0.39 is 11.3 Å². The third-order valence-corrected chi connectivity index (χ3v) is 4.80. The second-order valence-electron chi connectivity index (χ2n) is 6.76. The van der Waals surface area contributed by atoms with Crippen LogP contribution in [0, 0.1) is 11.3 Å². The molecule has 1 aliphatic heterocycles. The molecule has 0 bridgehead atoms. The molecule has 1 fully saturated rings. The fourth-order valence-corrected chi connectivity index (χ4v) is 3.37. The van der Waals surface area contributed by atoms with Crippen LogP contribution in [0.2, 0.25) is 0 Å². The molecule has 2 N–H and O–H groups in total. The van der Waals surface area contributed by atoms with Gasteiger partial charge in [0.2, 0.25) is 5.91 Å². The lowest BCUT2D eigenvalue weighted by atomic mass is 9.89. The smallest absolute Gasteiger partial charge is 0.408 e. The van der Waals surface area contributed by atoms with E-state index in [-0.39, 0.29) is 12.5 Å². The number of likely N-dealkylation sites (tertiary alicyclic amines) is 1. The predicted molar refractivity (Wildman–Crippen MR) is 101 cm³/mol. The monoisotopic (exact) mass is 369 g/mol. The highest BCUT2D eigenvalue weighted by atomic mass is 16.4. The lowest BCUT2D eigenvalue weighted by Crippen LogP contribution is -2.55. The van der Waals surface area contributed by atoms with Gasteiger partial charge in [-0.15, -0.1) is 0 Å². The zero-order valence-corrected chi connectivity index (χ0v) is 15.3. The summed E-state index contributed by atoms with van der Waals surface area (Å²) >= 11 is 0. The molecule has 0 saturated carbocycles. The van der Waals surface area contributed by atoms with Gasteiger partial charge in [0.1, 0.15) is 16.9 Å². The van der Waals surface area contributed by atoms with E-state index in [2.05, 4.69) is 33.5 Å². The molecule has 1 aromatic heterocycles. The van der Waals surface area contributed by atoms with Gasteiger partial charge in [0, 0.05) is 13.1 Å². The van der Waals surface area contributed by atoms with Crippen molar-refractivity contribution >= 4 is 22.7 Å². The van der Waals surface area contributed by atoms with E-state index in [4.69, 9.17) is 4.42 Å². The standard InChI is InChI=1S/C19H23N5O3/c1-2-9-24-10-7-19(13-20,8-11-24)23-16(25)12-21-17-14-5-3-4-6-15(14)27-18(26)22-17/h3-6H,2,7-12H2,1H3,(H,23,25)(H,21,22,26). The molecule has 0 aliphatic carbocycles. The fraction of sp³-hybridized carbons (Fsp3) is 0.474. The third kappa shape index (κ3) is 4.44. The Balaban J connectivity index is 1.63. The van der Waals surface area contributed by atoms with E-state index in [9.17, 15) is 14.9 Å². The van der Waals surface area contributed by atoms with E-state index in [1.807, 2.05) is 0 Å². The third-order valence-electron chi connectivity index (χ3n) is 4.80. The summed E-state index contributed by atoms with van der Waals surface area (Å²) < 4.78 is 5.04. The van der Waals surface area contributed by atoms with Crippen molar-refractivity contribution in [1.29, 1.82) is 5.26 Å². The minimum absolute atomic E-state index is 0.0808. The number of nitrogens with one attached hydrogen (secondary N) is 2. The van der Waals surface area contributed by atoms with Crippen molar-refractivity contribution in [2.45, 2.75) is 31.7 Å². The highest BCUT2D eigenvalue weighted by molar-refractivity contribution is 5.89.